The number of carbonyl (C=O) groups excluding carboxylic acids is 1. The van der Waals surface area contributed by atoms with Crippen molar-refractivity contribution in [1.29, 1.82) is 0 Å². The van der Waals surface area contributed by atoms with Crippen LogP contribution in [0.4, 0.5) is 14.5 Å². The van der Waals surface area contributed by atoms with Gasteiger partial charge in [-0.3, -0.25) is 4.79 Å². The summed E-state index contributed by atoms with van der Waals surface area (Å²) in [6, 6.07) is 10.4. The van der Waals surface area contributed by atoms with Gasteiger partial charge in [0.05, 0.1) is 0 Å². The van der Waals surface area contributed by atoms with Gasteiger partial charge in [0.2, 0.25) is 0 Å². The summed E-state index contributed by atoms with van der Waals surface area (Å²) in [5.41, 5.74) is 1.97. The number of amides is 1. The Balaban J connectivity index is 1.88. The Morgan fingerprint density at radius 2 is 1.67 bits per heavy atom. The Labute approximate surface area is 122 Å². The summed E-state index contributed by atoms with van der Waals surface area (Å²) in [6.07, 6.45) is 0.370. The van der Waals surface area contributed by atoms with Crippen LogP contribution in [0.3, 0.4) is 0 Å². The Kier molecular flexibility index (Phi) is 4.87. The lowest BCUT2D eigenvalue weighted by molar-refractivity contribution is 0.0954. The van der Waals surface area contributed by atoms with Gasteiger partial charge in [0, 0.05) is 30.9 Å². The highest BCUT2D eigenvalue weighted by atomic mass is 19.1. The highest BCUT2D eigenvalue weighted by molar-refractivity contribution is 5.94. The largest absolute Gasteiger partial charge is 0.388 e. The minimum atomic E-state index is -0.612. The van der Waals surface area contributed by atoms with Gasteiger partial charge >= 0.3 is 0 Å². The van der Waals surface area contributed by atoms with Crippen LogP contribution in [0, 0.1) is 11.6 Å². The number of hydrogen-bond donors (Lipinski definition) is 2. The van der Waals surface area contributed by atoms with Crippen molar-refractivity contribution in [3.05, 3.63) is 65.2 Å². The minimum Gasteiger partial charge on any atom is -0.388 e. The number of benzene rings is 2. The summed E-state index contributed by atoms with van der Waals surface area (Å²) < 4.78 is 26.0. The van der Waals surface area contributed by atoms with Gasteiger partial charge in [-0.1, -0.05) is 0 Å². The fraction of sp³-hybridized carbons (Fsp3) is 0.188. The number of rotatable bonds is 5. The molecule has 3 nitrogen and oxygen atoms in total. The molecule has 1 amide bonds. The van der Waals surface area contributed by atoms with Crippen LogP contribution in [0.2, 0.25) is 0 Å². The first-order valence-electron chi connectivity index (χ1n) is 6.59. The summed E-state index contributed by atoms with van der Waals surface area (Å²) in [5.74, 6) is -1.44. The van der Waals surface area contributed by atoms with Gasteiger partial charge in [0.25, 0.3) is 5.91 Å². The van der Waals surface area contributed by atoms with Crippen molar-refractivity contribution >= 4 is 11.6 Å². The Morgan fingerprint density at radius 3 is 2.24 bits per heavy atom. The summed E-state index contributed by atoms with van der Waals surface area (Å²) in [4.78, 5) is 11.9. The van der Waals surface area contributed by atoms with Gasteiger partial charge in [-0.05, 0) is 48.4 Å². The predicted octanol–water partition coefficient (Wildman–Crippen LogP) is 2.98. The maximum Gasteiger partial charge on any atom is 0.251 e. The number of hydrogen-bond acceptors (Lipinski definition) is 2. The molecule has 0 saturated heterocycles. The molecule has 2 N–H and O–H groups in total. The quantitative estimate of drug-likeness (QED) is 0.889. The zero-order chi connectivity index (χ0) is 15.2. The highest BCUT2D eigenvalue weighted by Gasteiger charge is 2.05. The van der Waals surface area contributed by atoms with Gasteiger partial charge in [0.1, 0.15) is 11.6 Å². The zero-order valence-electron chi connectivity index (χ0n) is 11.6. The second kappa shape index (κ2) is 6.83. The molecule has 0 aliphatic heterocycles. The molecule has 0 radical (unpaired) electrons. The summed E-state index contributed by atoms with van der Waals surface area (Å²) in [7, 11) is 1.80. The van der Waals surface area contributed by atoms with Gasteiger partial charge in [-0.25, -0.2) is 8.78 Å². The van der Waals surface area contributed by atoms with Crippen LogP contribution in [0.5, 0.6) is 0 Å². The van der Waals surface area contributed by atoms with Crippen LogP contribution in [0.25, 0.3) is 0 Å². The molecule has 0 fully saturated rings. The molecule has 0 atom stereocenters. The third-order valence-corrected chi connectivity index (χ3v) is 3.06. The van der Waals surface area contributed by atoms with Crippen LogP contribution in [-0.2, 0) is 6.42 Å². The molecule has 110 valence electrons. The van der Waals surface area contributed by atoms with Crippen molar-refractivity contribution in [2.45, 2.75) is 6.42 Å². The second-order valence-corrected chi connectivity index (χ2v) is 4.61. The summed E-state index contributed by atoms with van der Waals surface area (Å²) >= 11 is 0. The molecule has 0 bridgehead atoms. The maximum atomic E-state index is 13.0. The van der Waals surface area contributed by atoms with Gasteiger partial charge in [0.15, 0.2) is 0 Å². The molecule has 5 heteroatoms. The van der Waals surface area contributed by atoms with Crippen molar-refractivity contribution in [3.63, 3.8) is 0 Å². The summed E-state index contributed by atoms with van der Waals surface area (Å²) in [6.45, 7) is 0.315. The lowest BCUT2D eigenvalue weighted by atomic mass is 10.1. The van der Waals surface area contributed by atoms with Crippen LogP contribution in [0.1, 0.15) is 15.9 Å². The van der Waals surface area contributed by atoms with Crippen molar-refractivity contribution in [2.75, 3.05) is 18.9 Å². The van der Waals surface area contributed by atoms with Crippen LogP contribution >= 0.6 is 0 Å². The van der Waals surface area contributed by atoms with E-state index in [1.165, 1.54) is 12.1 Å². The van der Waals surface area contributed by atoms with Crippen molar-refractivity contribution < 1.29 is 13.6 Å². The Morgan fingerprint density at radius 1 is 1.05 bits per heavy atom. The van der Waals surface area contributed by atoms with E-state index in [0.717, 1.165) is 11.8 Å². The third-order valence-electron chi connectivity index (χ3n) is 3.06. The smallest absolute Gasteiger partial charge is 0.251 e. The van der Waals surface area contributed by atoms with Crippen LogP contribution in [0.15, 0.2) is 42.5 Å². The van der Waals surface area contributed by atoms with Crippen molar-refractivity contribution in [1.82, 2.24) is 5.32 Å². The fourth-order valence-electron chi connectivity index (χ4n) is 1.97. The monoisotopic (exact) mass is 290 g/mol. The van der Waals surface area contributed by atoms with Gasteiger partial charge in [-0.15, -0.1) is 0 Å². The lowest BCUT2D eigenvalue weighted by Crippen LogP contribution is -2.25. The topological polar surface area (TPSA) is 41.1 Å². The first kappa shape index (κ1) is 15.0. The molecule has 0 aromatic heterocycles. The van der Waals surface area contributed by atoms with E-state index in [-0.39, 0.29) is 5.91 Å². The first-order chi connectivity index (χ1) is 10.1. The second-order valence-electron chi connectivity index (χ2n) is 4.61. The predicted molar refractivity (Wildman–Crippen MR) is 78.4 cm³/mol. The van der Waals surface area contributed by atoms with Crippen molar-refractivity contribution in [2.24, 2.45) is 0 Å². The minimum absolute atomic E-state index is 0.213. The number of nitrogens with one attached hydrogen (secondary N) is 2. The first-order valence-corrected chi connectivity index (χ1v) is 6.59. The molecule has 0 aliphatic carbocycles. The highest BCUT2D eigenvalue weighted by Crippen LogP contribution is 2.10. The molecule has 0 aliphatic rings. The van der Waals surface area contributed by atoms with E-state index in [0.29, 0.717) is 24.1 Å². The molecule has 2 aromatic carbocycles. The van der Waals surface area contributed by atoms with Crippen molar-refractivity contribution in [3.8, 4) is 0 Å². The number of carbonyl (C=O) groups is 1. The average Bonchev–Trinajstić information content (AvgIpc) is 2.46. The molecule has 0 spiro atoms. The zero-order valence-corrected chi connectivity index (χ0v) is 11.6. The van der Waals surface area contributed by atoms with E-state index >= 15 is 0 Å². The molecular formula is C16H16F2N2O. The average molecular weight is 290 g/mol. The fourth-order valence-corrected chi connectivity index (χ4v) is 1.97. The molecule has 0 heterocycles. The Hall–Kier alpha value is -2.43. The maximum absolute atomic E-state index is 13.0. The van der Waals surface area contributed by atoms with E-state index in [1.807, 2.05) is 0 Å². The van der Waals surface area contributed by atoms with E-state index in [2.05, 4.69) is 10.6 Å². The summed E-state index contributed by atoms with van der Waals surface area (Å²) in [5, 5.41) is 5.69. The molecule has 2 rings (SSSR count). The molecule has 0 saturated carbocycles. The number of anilines is 1. The molecule has 0 unspecified atom stereocenters. The third kappa shape index (κ3) is 4.27. The van der Waals surface area contributed by atoms with Crippen LogP contribution in [-0.4, -0.2) is 19.5 Å². The number of halogens is 2. The van der Waals surface area contributed by atoms with E-state index in [9.17, 15) is 13.6 Å². The SMILES string of the molecule is CNc1ccc(C(=O)NCCc2cc(F)cc(F)c2)cc1. The van der Waals surface area contributed by atoms with E-state index in [4.69, 9.17) is 0 Å². The standard InChI is InChI=1S/C16H16F2N2O/c1-19-15-4-2-12(3-5-15)16(21)20-7-6-11-8-13(17)10-14(18)9-11/h2-5,8-10,19H,6-7H2,1H3,(H,20,21). The molecule has 21 heavy (non-hydrogen) atoms. The lowest BCUT2D eigenvalue weighted by Gasteiger charge is -2.07. The van der Waals surface area contributed by atoms with E-state index in [1.54, 1.807) is 31.3 Å². The molecule has 2 aromatic rings. The van der Waals surface area contributed by atoms with Gasteiger partial charge < -0.3 is 10.6 Å². The van der Waals surface area contributed by atoms with E-state index < -0.39 is 11.6 Å². The Bertz CT molecular complexity index is 606. The normalized spacial score (nSPS) is 10.2. The van der Waals surface area contributed by atoms with Gasteiger partial charge in [-0.2, -0.15) is 0 Å². The van der Waals surface area contributed by atoms with Crippen LogP contribution < -0.4 is 10.6 Å². The molecular weight excluding hydrogens is 274 g/mol.